The van der Waals surface area contributed by atoms with Crippen LogP contribution in [-0.4, -0.2) is 54.0 Å². The zero-order chi connectivity index (χ0) is 20.6. The number of carbonyl (C=O) groups excluding carboxylic acids is 2. The molecule has 0 aromatic heterocycles. The van der Waals surface area contributed by atoms with Crippen LogP contribution in [0.1, 0.15) is 12.5 Å². The van der Waals surface area contributed by atoms with Crippen molar-refractivity contribution in [3.8, 4) is 0 Å². The molecule has 0 radical (unpaired) electrons. The Kier molecular flexibility index (Phi) is 7.83. The van der Waals surface area contributed by atoms with Crippen molar-refractivity contribution >= 4 is 40.2 Å². The Morgan fingerprint density at radius 2 is 1.69 bits per heavy atom. The maximum absolute atomic E-state index is 12.8. The van der Waals surface area contributed by atoms with E-state index in [0.717, 1.165) is 29.4 Å². The number of hydrogen-bond donors (Lipinski definition) is 1. The highest BCUT2D eigenvalue weighted by atomic mass is 35.5. The van der Waals surface area contributed by atoms with Gasteiger partial charge in [0.05, 0.1) is 0 Å². The first kappa shape index (κ1) is 21.5. The minimum Gasteiger partial charge on any atom is -0.368 e. The van der Waals surface area contributed by atoms with Gasteiger partial charge in [-0.1, -0.05) is 53.7 Å². The zero-order valence-electron chi connectivity index (χ0n) is 16.5. The second kappa shape index (κ2) is 10.6. The molecular formula is C22H26ClN3O2S. The number of thioether (sulfide) groups is 1. The van der Waals surface area contributed by atoms with Crippen molar-refractivity contribution < 1.29 is 9.59 Å². The summed E-state index contributed by atoms with van der Waals surface area (Å²) < 4.78 is 0. The Morgan fingerprint density at radius 3 is 2.31 bits per heavy atom. The number of anilines is 1. The normalized spacial score (nSPS) is 15.1. The fourth-order valence-corrected chi connectivity index (χ4v) is 4.12. The van der Waals surface area contributed by atoms with Crippen LogP contribution in [0, 0.1) is 0 Å². The molecular weight excluding hydrogens is 406 g/mol. The summed E-state index contributed by atoms with van der Waals surface area (Å²) in [6, 6.07) is 17.7. The van der Waals surface area contributed by atoms with Crippen LogP contribution in [0.5, 0.6) is 0 Å². The van der Waals surface area contributed by atoms with Crippen LogP contribution in [0.4, 0.5) is 10.5 Å². The number of urea groups is 1. The Labute approximate surface area is 181 Å². The molecule has 1 heterocycles. The van der Waals surface area contributed by atoms with Gasteiger partial charge in [-0.3, -0.25) is 4.79 Å². The fraction of sp³-hybridized carbons (Fsp3) is 0.364. The number of hydrogen-bond acceptors (Lipinski definition) is 4. The van der Waals surface area contributed by atoms with E-state index in [-0.39, 0.29) is 17.2 Å². The molecule has 5 nitrogen and oxygen atoms in total. The summed E-state index contributed by atoms with van der Waals surface area (Å²) in [6.45, 7) is 4.43. The minimum absolute atomic E-state index is 0.0638. The summed E-state index contributed by atoms with van der Waals surface area (Å²) in [5, 5.41) is 3.92. The highest BCUT2D eigenvalue weighted by Crippen LogP contribution is 2.19. The molecule has 0 bridgehead atoms. The van der Waals surface area contributed by atoms with Crippen LogP contribution in [-0.2, 0) is 11.2 Å². The van der Waals surface area contributed by atoms with Gasteiger partial charge in [-0.25, -0.2) is 4.79 Å². The molecule has 7 heteroatoms. The van der Waals surface area contributed by atoms with Crippen molar-refractivity contribution in [2.45, 2.75) is 19.4 Å². The quantitative estimate of drug-likeness (QED) is 0.749. The van der Waals surface area contributed by atoms with Crippen LogP contribution in [0.2, 0.25) is 5.02 Å². The molecule has 0 spiro atoms. The van der Waals surface area contributed by atoms with E-state index >= 15 is 0 Å². The van der Waals surface area contributed by atoms with Gasteiger partial charge in [0, 0.05) is 55.6 Å². The molecule has 0 aliphatic carbocycles. The van der Waals surface area contributed by atoms with Gasteiger partial charge in [0.15, 0.2) is 5.12 Å². The molecule has 3 rings (SSSR count). The van der Waals surface area contributed by atoms with Gasteiger partial charge in [-0.2, -0.15) is 0 Å². The molecule has 1 unspecified atom stereocenters. The largest absolute Gasteiger partial charge is 0.368 e. The number of halogens is 1. The first-order chi connectivity index (χ1) is 14.0. The van der Waals surface area contributed by atoms with Gasteiger partial charge in [0.2, 0.25) is 0 Å². The molecule has 1 aliphatic rings. The van der Waals surface area contributed by atoms with Crippen molar-refractivity contribution in [1.29, 1.82) is 0 Å². The zero-order valence-corrected chi connectivity index (χ0v) is 18.1. The first-order valence-electron chi connectivity index (χ1n) is 9.74. The van der Waals surface area contributed by atoms with Crippen molar-refractivity contribution in [2.75, 3.05) is 36.8 Å². The number of amides is 2. The minimum atomic E-state index is -0.0897. The molecule has 2 aromatic rings. The summed E-state index contributed by atoms with van der Waals surface area (Å²) in [6.07, 6.45) is 0.706. The second-order valence-electron chi connectivity index (χ2n) is 7.09. The molecule has 1 atom stereocenters. The smallest absolute Gasteiger partial charge is 0.317 e. The SMILES string of the molecule is CC(=O)SCC(Cc1ccccc1)NC(=O)N1CCN(c2ccc(Cl)cc2)CC1. The topological polar surface area (TPSA) is 52.7 Å². The fourth-order valence-electron chi connectivity index (χ4n) is 3.35. The standard InChI is InChI=1S/C22H26ClN3O2S/c1-17(27)29-16-20(15-18-5-3-2-4-6-18)24-22(28)26-13-11-25(12-14-26)21-9-7-19(23)8-10-21/h2-10,20H,11-16H2,1H3,(H,24,28). The predicted octanol–water partition coefficient (Wildman–Crippen LogP) is 4.06. The highest BCUT2D eigenvalue weighted by molar-refractivity contribution is 8.13. The number of carbonyl (C=O) groups is 2. The van der Waals surface area contributed by atoms with E-state index in [2.05, 4.69) is 10.2 Å². The molecule has 1 aliphatic heterocycles. The summed E-state index contributed by atoms with van der Waals surface area (Å²) in [7, 11) is 0. The lowest BCUT2D eigenvalue weighted by molar-refractivity contribution is -0.109. The monoisotopic (exact) mass is 431 g/mol. The van der Waals surface area contributed by atoms with Gasteiger partial charge in [0.1, 0.15) is 0 Å². The number of rotatable bonds is 6. The molecule has 2 amide bonds. The summed E-state index contributed by atoms with van der Waals surface area (Å²) in [4.78, 5) is 28.3. The second-order valence-corrected chi connectivity index (χ2v) is 8.72. The Morgan fingerprint density at radius 1 is 1.03 bits per heavy atom. The molecule has 1 N–H and O–H groups in total. The molecule has 1 fully saturated rings. The maximum atomic E-state index is 12.8. The summed E-state index contributed by atoms with van der Waals surface area (Å²) in [5.41, 5.74) is 2.27. The van der Waals surface area contributed by atoms with Gasteiger partial charge >= 0.3 is 6.03 Å². The van der Waals surface area contributed by atoms with Crippen LogP contribution >= 0.6 is 23.4 Å². The van der Waals surface area contributed by atoms with Crippen LogP contribution in [0.25, 0.3) is 0 Å². The van der Waals surface area contributed by atoms with Crippen LogP contribution in [0.15, 0.2) is 54.6 Å². The van der Waals surface area contributed by atoms with E-state index in [9.17, 15) is 9.59 Å². The predicted molar refractivity (Wildman–Crippen MR) is 121 cm³/mol. The van der Waals surface area contributed by atoms with Gasteiger partial charge in [0.25, 0.3) is 0 Å². The van der Waals surface area contributed by atoms with Crippen molar-refractivity contribution in [2.24, 2.45) is 0 Å². The van der Waals surface area contributed by atoms with Gasteiger partial charge < -0.3 is 15.1 Å². The average Bonchev–Trinajstić information content (AvgIpc) is 2.73. The molecule has 29 heavy (non-hydrogen) atoms. The number of nitrogens with one attached hydrogen (secondary N) is 1. The number of nitrogens with zero attached hydrogens (tertiary/aromatic N) is 2. The van der Waals surface area contributed by atoms with Crippen molar-refractivity contribution in [3.05, 3.63) is 65.2 Å². The van der Waals surface area contributed by atoms with Crippen molar-refractivity contribution in [3.63, 3.8) is 0 Å². The molecule has 2 aromatic carbocycles. The maximum Gasteiger partial charge on any atom is 0.317 e. The lowest BCUT2D eigenvalue weighted by Gasteiger charge is -2.36. The van der Waals surface area contributed by atoms with Gasteiger partial charge in [-0.15, -0.1) is 0 Å². The lowest BCUT2D eigenvalue weighted by atomic mass is 10.1. The van der Waals surface area contributed by atoms with Crippen LogP contribution < -0.4 is 10.2 Å². The third-order valence-corrected chi connectivity index (χ3v) is 6.13. The molecule has 1 saturated heterocycles. The van der Waals surface area contributed by atoms with E-state index in [1.165, 1.54) is 11.8 Å². The van der Waals surface area contributed by atoms with Crippen LogP contribution in [0.3, 0.4) is 0 Å². The Hall–Kier alpha value is -2.18. The Balaban J connectivity index is 1.55. The lowest BCUT2D eigenvalue weighted by Crippen LogP contribution is -2.54. The van der Waals surface area contributed by atoms with Crippen molar-refractivity contribution in [1.82, 2.24) is 10.2 Å². The van der Waals surface area contributed by atoms with E-state index in [4.69, 9.17) is 11.6 Å². The van der Waals surface area contributed by atoms with E-state index in [1.807, 2.05) is 59.5 Å². The molecule has 0 saturated carbocycles. The number of benzene rings is 2. The van der Waals surface area contributed by atoms with E-state index in [0.29, 0.717) is 25.3 Å². The summed E-state index contributed by atoms with van der Waals surface area (Å²) >= 11 is 7.22. The average molecular weight is 432 g/mol. The van der Waals surface area contributed by atoms with E-state index < -0.39 is 0 Å². The highest BCUT2D eigenvalue weighted by Gasteiger charge is 2.23. The third kappa shape index (κ3) is 6.68. The van der Waals surface area contributed by atoms with E-state index in [1.54, 1.807) is 6.92 Å². The molecule has 154 valence electrons. The Bertz CT molecular complexity index is 809. The van der Waals surface area contributed by atoms with Gasteiger partial charge in [-0.05, 0) is 36.2 Å². The third-order valence-electron chi connectivity index (χ3n) is 4.90. The number of piperazine rings is 1. The first-order valence-corrected chi connectivity index (χ1v) is 11.1. The summed E-state index contributed by atoms with van der Waals surface area (Å²) in [5.74, 6) is 0.570.